The smallest absolute Gasteiger partial charge is 0.0646 e. The molecule has 0 saturated carbocycles. The predicted molar refractivity (Wildman–Crippen MR) is 70.6 cm³/mol. The van der Waals surface area contributed by atoms with Crippen molar-refractivity contribution in [2.45, 2.75) is 25.3 Å². The highest BCUT2D eigenvalue weighted by Crippen LogP contribution is 2.32. The number of rotatable bonds is 1. The Balaban J connectivity index is 2.14. The number of benzene rings is 1. The zero-order valence-electron chi connectivity index (χ0n) is 9.57. The van der Waals surface area contributed by atoms with Crippen molar-refractivity contribution in [3.63, 3.8) is 0 Å². The largest absolute Gasteiger partial charge is 0.324 e. The lowest BCUT2D eigenvalue weighted by atomic mass is 9.93. The van der Waals surface area contributed by atoms with Gasteiger partial charge in [0.15, 0.2) is 0 Å². The van der Waals surface area contributed by atoms with Gasteiger partial charge in [-0.1, -0.05) is 23.7 Å². The molecule has 0 aliphatic heterocycles. The van der Waals surface area contributed by atoms with Crippen LogP contribution in [0.25, 0.3) is 5.69 Å². The Kier molecular flexibility index (Phi) is 2.69. The van der Waals surface area contributed by atoms with Crippen LogP contribution in [0.4, 0.5) is 0 Å². The maximum atomic E-state index is 6.24. The Labute approximate surface area is 106 Å². The second kappa shape index (κ2) is 4.21. The van der Waals surface area contributed by atoms with Gasteiger partial charge in [0.25, 0.3) is 0 Å². The first-order valence-electron chi connectivity index (χ1n) is 5.98. The van der Waals surface area contributed by atoms with Crippen LogP contribution in [0.5, 0.6) is 0 Å². The lowest BCUT2D eigenvalue weighted by Crippen LogP contribution is -2.17. The molecule has 1 aromatic heterocycles. The van der Waals surface area contributed by atoms with Crippen LogP contribution >= 0.6 is 11.6 Å². The highest BCUT2D eigenvalue weighted by molar-refractivity contribution is 6.32. The molecule has 0 saturated heterocycles. The highest BCUT2D eigenvalue weighted by atomic mass is 35.5. The monoisotopic (exact) mass is 246 g/mol. The second-order valence-corrected chi connectivity index (χ2v) is 4.95. The summed E-state index contributed by atoms with van der Waals surface area (Å²) in [4.78, 5) is 0. The third-order valence-corrected chi connectivity index (χ3v) is 3.79. The van der Waals surface area contributed by atoms with Gasteiger partial charge in [-0.05, 0) is 43.0 Å². The molecule has 2 aromatic rings. The van der Waals surface area contributed by atoms with Crippen molar-refractivity contribution in [2.75, 3.05) is 0 Å². The average Bonchev–Trinajstić information content (AvgIpc) is 2.75. The normalized spacial score (nSPS) is 19.1. The van der Waals surface area contributed by atoms with E-state index in [9.17, 15) is 0 Å². The molecule has 0 fully saturated rings. The fourth-order valence-corrected chi connectivity index (χ4v) is 2.83. The van der Waals surface area contributed by atoms with Crippen LogP contribution in [0.2, 0.25) is 5.02 Å². The lowest BCUT2D eigenvalue weighted by Gasteiger charge is -2.21. The molecular formula is C14H15ClN2. The zero-order valence-corrected chi connectivity index (χ0v) is 10.3. The fraction of sp³-hybridized carbons (Fsp3) is 0.286. The fourth-order valence-electron chi connectivity index (χ4n) is 2.60. The van der Waals surface area contributed by atoms with E-state index in [1.807, 2.05) is 24.3 Å². The minimum Gasteiger partial charge on any atom is -0.324 e. The van der Waals surface area contributed by atoms with Gasteiger partial charge in [0.1, 0.15) is 0 Å². The number of hydrogen-bond acceptors (Lipinski definition) is 1. The van der Waals surface area contributed by atoms with E-state index >= 15 is 0 Å². The second-order valence-electron chi connectivity index (χ2n) is 4.54. The van der Waals surface area contributed by atoms with E-state index in [-0.39, 0.29) is 6.04 Å². The molecule has 17 heavy (non-hydrogen) atoms. The van der Waals surface area contributed by atoms with Gasteiger partial charge >= 0.3 is 0 Å². The quantitative estimate of drug-likeness (QED) is 0.821. The molecule has 3 heteroatoms. The summed E-state index contributed by atoms with van der Waals surface area (Å²) in [7, 11) is 0. The molecule has 0 amide bonds. The van der Waals surface area contributed by atoms with E-state index in [1.165, 1.54) is 11.3 Å². The van der Waals surface area contributed by atoms with Crippen molar-refractivity contribution in [3.05, 3.63) is 52.8 Å². The van der Waals surface area contributed by atoms with Crippen molar-refractivity contribution >= 4 is 11.6 Å². The molecule has 1 atom stereocenters. The first kappa shape index (κ1) is 10.9. The van der Waals surface area contributed by atoms with E-state index in [1.54, 1.807) is 0 Å². The van der Waals surface area contributed by atoms with E-state index in [4.69, 9.17) is 17.3 Å². The third-order valence-electron chi connectivity index (χ3n) is 3.47. The van der Waals surface area contributed by atoms with Gasteiger partial charge in [-0.3, -0.25) is 0 Å². The standard InChI is InChI=1S/C14H15ClN2/c15-11-4-1-2-6-14(11)17-9-8-10-12(16)5-3-7-13(10)17/h1-2,4,6,8-9,12H,3,5,7,16H2. The van der Waals surface area contributed by atoms with Crippen molar-refractivity contribution in [3.8, 4) is 5.69 Å². The Hall–Kier alpha value is -1.25. The van der Waals surface area contributed by atoms with Gasteiger partial charge in [-0.15, -0.1) is 0 Å². The molecule has 1 heterocycles. The first-order valence-corrected chi connectivity index (χ1v) is 6.36. The zero-order chi connectivity index (χ0) is 11.8. The summed E-state index contributed by atoms with van der Waals surface area (Å²) in [6.07, 6.45) is 5.40. The Morgan fingerprint density at radius 2 is 2.06 bits per heavy atom. The molecule has 0 spiro atoms. The van der Waals surface area contributed by atoms with Crippen molar-refractivity contribution in [1.29, 1.82) is 0 Å². The van der Waals surface area contributed by atoms with Crippen LogP contribution in [0.3, 0.4) is 0 Å². The number of aromatic nitrogens is 1. The van der Waals surface area contributed by atoms with Crippen molar-refractivity contribution in [2.24, 2.45) is 5.73 Å². The van der Waals surface area contributed by atoms with E-state index in [2.05, 4.69) is 16.8 Å². The summed E-state index contributed by atoms with van der Waals surface area (Å²) in [5.41, 5.74) is 9.77. The minimum absolute atomic E-state index is 0.183. The van der Waals surface area contributed by atoms with E-state index < -0.39 is 0 Å². The maximum Gasteiger partial charge on any atom is 0.0646 e. The number of fused-ring (bicyclic) bond motifs is 1. The number of hydrogen-bond donors (Lipinski definition) is 1. The summed E-state index contributed by atoms with van der Waals surface area (Å²) >= 11 is 6.24. The minimum atomic E-state index is 0.183. The topological polar surface area (TPSA) is 30.9 Å². The van der Waals surface area contributed by atoms with Crippen LogP contribution in [-0.2, 0) is 6.42 Å². The Bertz CT molecular complexity index is 545. The van der Waals surface area contributed by atoms with Crippen LogP contribution in [0.1, 0.15) is 30.1 Å². The summed E-state index contributed by atoms with van der Waals surface area (Å²) < 4.78 is 2.18. The molecule has 1 aromatic carbocycles. The predicted octanol–water partition coefficient (Wildman–Crippen LogP) is 3.47. The van der Waals surface area contributed by atoms with Gasteiger partial charge < -0.3 is 10.3 Å². The summed E-state index contributed by atoms with van der Waals surface area (Å²) in [5.74, 6) is 0. The Morgan fingerprint density at radius 3 is 2.88 bits per heavy atom. The van der Waals surface area contributed by atoms with Gasteiger partial charge in [-0.25, -0.2) is 0 Å². The molecule has 88 valence electrons. The van der Waals surface area contributed by atoms with Gasteiger partial charge in [0.2, 0.25) is 0 Å². The van der Waals surface area contributed by atoms with Gasteiger partial charge in [0.05, 0.1) is 10.7 Å². The average molecular weight is 247 g/mol. The molecule has 0 bridgehead atoms. The highest BCUT2D eigenvalue weighted by Gasteiger charge is 2.21. The molecular weight excluding hydrogens is 232 g/mol. The summed E-state index contributed by atoms with van der Waals surface area (Å²) in [6, 6.07) is 10.2. The van der Waals surface area contributed by atoms with E-state index in [0.29, 0.717) is 0 Å². The lowest BCUT2D eigenvalue weighted by molar-refractivity contribution is 0.560. The molecule has 1 aliphatic carbocycles. The molecule has 2 nitrogen and oxygen atoms in total. The third kappa shape index (κ3) is 1.78. The molecule has 0 radical (unpaired) electrons. The van der Waals surface area contributed by atoms with E-state index in [0.717, 1.165) is 30.0 Å². The van der Waals surface area contributed by atoms with Crippen LogP contribution in [-0.4, -0.2) is 4.57 Å². The number of nitrogens with two attached hydrogens (primary N) is 1. The summed E-state index contributed by atoms with van der Waals surface area (Å²) in [6.45, 7) is 0. The SMILES string of the molecule is NC1CCCc2c1ccn2-c1ccccc1Cl. The maximum absolute atomic E-state index is 6.24. The number of nitrogens with zero attached hydrogens (tertiary/aromatic N) is 1. The van der Waals surface area contributed by atoms with Gasteiger partial charge in [-0.2, -0.15) is 0 Å². The number of halogens is 1. The molecule has 2 N–H and O–H groups in total. The molecule has 1 aliphatic rings. The summed E-state index contributed by atoms with van der Waals surface area (Å²) in [5, 5.41) is 0.782. The van der Waals surface area contributed by atoms with Crippen LogP contribution in [0, 0.1) is 0 Å². The van der Waals surface area contributed by atoms with Crippen molar-refractivity contribution < 1.29 is 0 Å². The van der Waals surface area contributed by atoms with Crippen LogP contribution in [0.15, 0.2) is 36.5 Å². The van der Waals surface area contributed by atoms with Crippen LogP contribution < -0.4 is 5.73 Å². The molecule has 3 rings (SSSR count). The van der Waals surface area contributed by atoms with Crippen molar-refractivity contribution in [1.82, 2.24) is 4.57 Å². The van der Waals surface area contributed by atoms with Gasteiger partial charge in [0, 0.05) is 17.9 Å². The first-order chi connectivity index (χ1) is 8.27. The number of para-hydroxylation sites is 1. The molecule has 1 unspecified atom stereocenters. The Morgan fingerprint density at radius 1 is 1.24 bits per heavy atom.